The third-order valence-electron chi connectivity index (χ3n) is 5.11. The van der Waals surface area contributed by atoms with Crippen LogP contribution in [-0.2, 0) is 11.2 Å². The second kappa shape index (κ2) is 9.42. The van der Waals surface area contributed by atoms with E-state index in [9.17, 15) is 4.79 Å². The van der Waals surface area contributed by atoms with Gasteiger partial charge in [0.25, 0.3) is 0 Å². The van der Waals surface area contributed by atoms with Gasteiger partial charge in [-0.05, 0) is 61.2 Å². The van der Waals surface area contributed by atoms with E-state index in [1.54, 1.807) is 14.2 Å². The van der Waals surface area contributed by atoms with Crippen molar-refractivity contribution in [1.29, 1.82) is 0 Å². The zero-order valence-corrected chi connectivity index (χ0v) is 16.1. The highest BCUT2D eigenvalue weighted by atomic mass is 16.5. The molecule has 1 aliphatic rings. The molecule has 0 bridgehead atoms. The molecular weight excluding hydrogens is 340 g/mol. The average Bonchev–Trinajstić information content (AvgIpc) is 3.16. The van der Waals surface area contributed by atoms with E-state index >= 15 is 0 Å². The molecule has 0 spiro atoms. The van der Waals surface area contributed by atoms with Crippen molar-refractivity contribution < 1.29 is 14.3 Å². The number of ether oxygens (including phenoxy) is 2. The minimum absolute atomic E-state index is 0.0870. The summed E-state index contributed by atoms with van der Waals surface area (Å²) in [5.74, 6) is 1.80. The van der Waals surface area contributed by atoms with Crippen LogP contribution in [0.4, 0.5) is 0 Å². The Kier molecular flexibility index (Phi) is 6.71. The first-order valence-corrected chi connectivity index (χ1v) is 9.47. The topological polar surface area (TPSA) is 50.8 Å². The van der Waals surface area contributed by atoms with Crippen LogP contribution in [0.2, 0.25) is 0 Å². The van der Waals surface area contributed by atoms with Crippen molar-refractivity contribution in [3.63, 3.8) is 0 Å². The lowest BCUT2D eigenvalue weighted by atomic mass is 10.0. The quantitative estimate of drug-likeness (QED) is 0.777. The number of benzene rings is 2. The van der Waals surface area contributed by atoms with Gasteiger partial charge in [-0.25, -0.2) is 0 Å². The van der Waals surface area contributed by atoms with E-state index in [1.165, 1.54) is 11.1 Å². The second-order valence-corrected chi connectivity index (χ2v) is 6.85. The van der Waals surface area contributed by atoms with Crippen LogP contribution in [0.1, 0.15) is 30.0 Å². The van der Waals surface area contributed by atoms with Crippen LogP contribution >= 0.6 is 0 Å². The molecular formula is C22H28N2O3. The Balaban J connectivity index is 1.47. The van der Waals surface area contributed by atoms with Gasteiger partial charge in [0, 0.05) is 12.6 Å². The Morgan fingerprint density at radius 3 is 2.30 bits per heavy atom. The third kappa shape index (κ3) is 5.23. The van der Waals surface area contributed by atoms with Gasteiger partial charge >= 0.3 is 0 Å². The van der Waals surface area contributed by atoms with Crippen molar-refractivity contribution in [2.45, 2.75) is 25.3 Å². The van der Waals surface area contributed by atoms with E-state index < -0.39 is 0 Å². The van der Waals surface area contributed by atoms with Crippen molar-refractivity contribution in [3.05, 3.63) is 59.7 Å². The van der Waals surface area contributed by atoms with Crippen LogP contribution in [0, 0.1) is 0 Å². The molecule has 5 heteroatoms. The highest BCUT2D eigenvalue weighted by Gasteiger charge is 2.27. The molecule has 1 amide bonds. The smallest absolute Gasteiger partial charge is 0.234 e. The summed E-state index contributed by atoms with van der Waals surface area (Å²) in [5, 5.41) is 3.05. The zero-order chi connectivity index (χ0) is 19.1. The van der Waals surface area contributed by atoms with Crippen molar-refractivity contribution in [2.75, 3.05) is 33.9 Å². The molecule has 0 saturated carbocycles. The molecule has 0 aromatic heterocycles. The number of hydrogen-bond acceptors (Lipinski definition) is 4. The molecule has 1 aliphatic heterocycles. The van der Waals surface area contributed by atoms with Crippen molar-refractivity contribution in [1.82, 2.24) is 10.2 Å². The molecule has 3 rings (SSSR count). The Morgan fingerprint density at radius 2 is 1.67 bits per heavy atom. The molecule has 1 atom stereocenters. The van der Waals surface area contributed by atoms with E-state index in [0.29, 0.717) is 19.1 Å². The van der Waals surface area contributed by atoms with Gasteiger partial charge < -0.3 is 14.8 Å². The molecule has 1 fully saturated rings. The number of rotatable bonds is 8. The fourth-order valence-corrected chi connectivity index (χ4v) is 3.60. The molecule has 27 heavy (non-hydrogen) atoms. The lowest BCUT2D eigenvalue weighted by Gasteiger charge is -2.24. The normalized spacial score (nSPS) is 16.9. The molecule has 1 heterocycles. The maximum Gasteiger partial charge on any atom is 0.234 e. The summed E-state index contributed by atoms with van der Waals surface area (Å²) in [6.45, 7) is 2.05. The van der Waals surface area contributed by atoms with Gasteiger partial charge in [0.1, 0.15) is 11.5 Å². The number of methoxy groups -OCH3 is 2. The largest absolute Gasteiger partial charge is 0.497 e. The van der Waals surface area contributed by atoms with Gasteiger partial charge in [-0.1, -0.05) is 24.3 Å². The fourth-order valence-electron chi connectivity index (χ4n) is 3.60. The predicted octanol–water partition coefficient (Wildman–Crippen LogP) is 3.20. The van der Waals surface area contributed by atoms with E-state index in [1.807, 2.05) is 36.4 Å². The molecule has 1 unspecified atom stereocenters. The van der Waals surface area contributed by atoms with Gasteiger partial charge in [-0.15, -0.1) is 0 Å². The monoisotopic (exact) mass is 368 g/mol. The number of likely N-dealkylation sites (tertiary alicyclic amines) is 1. The van der Waals surface area contributed by atoms with E-state index in [0.717, 1.165) is 37.3 Å². The summed E-state index contributed by atoms with van der Waals surface area (Å²) >= 11 is 0. The summed E-state index contributed by atoms with van der Waals surface area (Å²) in [6, 6.07) is 16.4. The SMILES string of the molecule is COc1ccc(CCNC(=O)CN2CCCC2c2ccc(OC)cc2)cc1. The van der Waals surface area contributed by atoms with Crippen LogP contribution in [0.3, 0.4) is 0 Å². The van der Waals surface area contributed by atoms with Gasteiger partial charge in [0.2, 0.25) is 5.91 Å². The van der Waals surface area contributed by atoms with Gasteiger partial charge in [0.15, 0.2) is 0 Å². The van der Waals surface area contributed by atoms with Crippen LogP contribution in [0.25, 0.3) is 0 Å². The van der Waals surface area contributed by atoms with E-state index in [2.05, 4.69) is 22.3 Å². The highest BCUT2D eigenvalue weighted by molar-refractivity contribution is 5.78. The third-order valence-corrected chi connectivity index (χ3v) is 5.11. The molecule has 2 aromatic rings. The first kappa shape index (κ1) is 19.2. The zero-order valence-electron chi connectivity index (χ0n) is 16.1. The Morgan fingerprint density at radius 1 is 1.04 bits per heavy atom. The summed E-state index contributed by atoms with van der Waals surface area (Å²) in [4.78, 5) is 14.6. The Labute approximate surface area is 161 Å². The Bertz CT molecular complexity index is 728. The lowest BCUT2D eigenvalue weighted by molar-refractivity contribution is -0.122. The molecule has 144 valence electrons. The number of nitrogens with one attached hydrogen (secondary N) is 1. The van der Waals surface area contributed by atoms with E-state index in [4.69, 9.17) is 9.47 Å². The summed E-state index contributed by atoms with van der Waals surface area (Å²) in [5.41, 5.74) is 2.44. The number of amides is 1. The molecule has 0 aliphatic carbocycles. The average molecular weight is 368 g/mol. The minimum Gasteiger partial charge on any atom is -0.497 e. The summed E-state index contributed by atoms with van der Waals surface area (Å²) in [6.07, 6.45) is 3.03. The first-order chi connectivity index (χ1) is 13.2. The summed E-state index contributed by atoms with van der Waals surface area (Å²) < 4.78 is 10.4. The van der Waals surface area contributed by atoms with Crippen LogP contribution in [-0.4, -0.2) is 44.7 Å². The van der Waals surface area contributed by atoms with Crippen LogP contribution in [0.5, 0.6) is 11.5 Å². The predicted molar refractivity (Wildman–Crippen MR) is 106 cm³/mol. The molecule has 2 aromatic carbocycles. The van der Waals surface area contributed by atoms with E-state index in [-0.39, 0.29) is 5.91 Å². The number of carbonyl (C=O) groups excluding carboxylic acids is 1. The molecule has 1 N–H and O–H groups in total. The minimum atomic E-state index is 0.0870. The van der Waals surface area contributed by atoms with Crippen molar-refractivity contribution in [3.8, 4) is 11.5 Å². The van der Waals surface area contributed by atoms with Gasteiger partial charge in [-0.3, -0.25) is 9.69 Å². The first-order valence-electron chi connectivity index (χ1n) is 9.47. The summed E-state index contributed by atoms with van der Waals surface area (Å²) in [7, 11) is 3.33. The van der Waals surface area contributed by atoms with Gasteiger partial charge in [0.05, 0.1) is 20.8 Å². The standard InChI is InChI=1S/C22H28N2O3/c1-26-19-9-5-17(6-10-19)13-14-23-22(25)16-24-15-3-4-21(24)18-7-11-20(27-2)12-8-18/h5-12,21H,3-4,13-16H2,1-2H3,(H,23,25). The maximum atomic E-state index is 12.4. The number of hydrogen-bond donors (Lipinski definition) is 1. The maximum absolute atomic E-state index is 12.4. The van der Waals surface area contributed by atoms with Crippen LogP contribution in [0.15, 0.2) is 48.5 Å². The lowest BCUT2D eigenvalue weighted by Crippen LogP contribution is -2.37. The van der Waals surface area contributed by atoms with Crippen LogP contribution < -0.4 is 14.8 Å². The number of carbonyl (C=O) groups is 1. The molecule has 5 nitrogen and oxygen atoms in total. The Hall–Kier alpha value is -2.53. The van der Waals surface area contributed by atoms with Gasteiger partial charge in [-0.2, -0.15) is 0 Å². The van der Waals surface area contributed by atoms with Crippen molar-refractivity contribution >= 4 is 5.91 Å². The molecule has 0 radical (unpaired) electrons. The fraction of sp³-hybridized carbons (Fsp3) is 0.409. The number of nitrogens with zero attached hydrogens (tertiary/aromatic N) is 1. The molecule has 1 saturated heterocycles. The second-order valence-electron chi connectivity index (χ2n) is 6.85. The van der Waals surface area contributed by atoms with Crippen molar-refractivity contribution in [2.24, 2.45) is 0 Å². The highest BCUT2D eigenvalue weighted by Crippen LogP contribution is 2.32.